The number of hydrogen-bond acceptors (Lipinski definition) is 4. The smallest absolute Gasteiger partial charge is 0.0992 e. The van der Waals surface area contributed by atoms with Gasteiger partial charge in [0.05, 0.1) is 40.1 Å². The van der Waals surface area contributed by atoms with Crippen molar-refractivity contribution in [3.63, 3.8) is 0 Å². The molecule has 0 fully saturated rings. The fourth-order valence-electron chi connectivity index (χ4n) is 4.54. The maximum Gasteiger partial charge on any atom is 0.0992 e. The zero-order chi connectivity index (χ0) is 22.9. The van der Waals surface area contributed by atoms with Gasteiger partial charge in [-0.25, -0.2) is 0 Å². The molecule has 0 unspecified atom stereocenters. The van der Waals surface area contributed by atoms with Crippen LogP contribution in [0, 0.1) is 11.3 Å². The van der Waals surface area contributed by atoms with Crippen LogP contribution in [-0.4, -0.2) is 4.98 Å². The number of anilines is 6. The lowest BCUT2D eigenvalue weighted by Gasteiger charge is -2.40. The first kappa shape index (κ1) is 19.8. The van der Waals surface area contributed by atoms with Crippen LogP contribution in [0.1, 0.15) is 5.56 Å². The summed E-state index contributed by atoms with van der Waals surface area (Å²) in [5, 5.41) is 9.31. The molecule has 0 radical (unpaired) electrons. The number of nitriles is 1. The van der Waals surface area contributed by atoms with Crippen molar-refractivity contribution in [3.8, 4) is 17.3 Å². The van der Waals surface area contributed by atoms with Crippen LogP contribution in [0.2, 0.25) is 0 Å². The minimum Gasteiger partial charge on any atom is -0.306 e. The lowest BCUT2D eigenvalue weighted by atomic mass is 10.0. The van der Waals surface area contributed by atoms with Crippen LogP contribution in [0.5, 0.6) is 0 Å². The third-order valence-electron chi connectivity index (χ3n) is 6.03. The molecule has 34 heavy (non-hydrogen) atoms. The van der Waals surface area contributed by atoms with E-state index in [1.807, 2.05) is 24.3 Å². The number of hydrogen-bond donors (Lipinski definition) is 0. The van der Waals surface area contributed by atoms with Crippen molar-refractivity contribution < 1.29 is 0 Å². The fraction of sp³-hybridized carbons (Fsp3) is 0. The van der Waals surface area contributed by atoms with Gasteiger partial charge in [-0.1, -0.05) is 54.6 Å². The first-order valence-corrected chi connectivity index (χ1v) is 11.1. The van der Waals surface area contributed by atoms with Crippen molar-refractivity contribution in [1.82, 2.24) is 4.98 Å². The molecule has 0 saturated carbocycles. The largest absolute Gasteiger partial charge is 0.306 e. The van der Waals surface area contributed by atoms with Crippen LogP contribution < -0.4 is 9.80 Å². The number of nitrogens with zero attached hydrogens (tertiary/aromatic N) is 4. The van der Waals surface area contributed by atoms with Crippen molar-refractivity contribution in [2.24, 2.45) is 0 Å². The Labute approximate surface area is 198 Å². The zero-order valence-corrected chi connectivity index (χ0v) is 18.3. The Kier molecular flexibility index (Phi) is 4.79. The highest BCUT2D eigenvalue weighted by Gasteiger charge is 2.29. The van der Waals surface area contributed by atoms with E-state index in [1.165, 1.54) is 0 Å². The molecule has 0 saturated heterocycles. The molecule has 1 aliphatic rings. The molecule has 4 nitrogen and oxygen atoms in total. The summed E-state index contributed by atoms with van der Waals surface area (Å²) in [7, 11) is 0. The van der Waals surface area contributed by atoms with E-state index in [-0.39, 0.29) is 0 Å². The monoisotopic (exact) mass is 436 g/mol. The van der Waals surface area contributed by atoms with E-state index >= 15 is 0 Å². The first-order chi connectivity index (χ1) is 16.8. The van der Waals surface area contributed by atoms with E-state index in [9.17, 15) is 5.26 Å². The molecule has 1 aromatic heterocycles. The molecule has 1 aliphatic heterocycles. The Balaban J connectivity index is 1.54. The number of pyridine rings is 1. The average Bonchev–Trinajstić information content (AvgIpc) is 2.92. The lowest BCUT2D eigenvalue weighted by Crippen LogP contribution is -2.23. The Bertz CT molecular complexity index is 1490. The maximum absolute atomic E-state index is 9.31. The molecule has 2 heterocycles. The number of benzene rings is 4. The van der Waals surface area contributed by atoms with Crippen molar-refractivity contribution in [3.05, 3.63) is 127 Å². The molecule has 6 rings (SSSR count). The predicted molar refractivity (Wildman–Crippen MR) is 137 cm³/mol. The van der Waals surface area contributed by atoms with Gasteiger partial charge in [0, 0.05) is 23.1 Å². The number of rotatable bonds is 3. The summed E-state index contributed by atoms with van der Waals surface area (Å²) in [5.41, 5.74) is 8.93. The van der Waals surface area contributed by atoms with Crippen molar-refractivity contribution in [2.45, 2.75) is 0 Å². The van der Waals surface area contributed by atoms with Gasteiger partial charge in [-0.2, -0.15) is 5.26 Å². The second-order valence-electron chi connectivity index (χ2n) is 8.08. The van der Waals surface area contributed by atoms with Crippen molar-refractivity contribution in [1.29, 1.82) is 5.26 Å². The van der Waals surface area contributed by atoms with Crippen molar-refractivity contribution in [2.75, 3.05) is 9.80 Å². The van der Waals surface area contributed by atoms with Gasteiger partial charge in [-0.15, -0.1) is 0 Å². The molecule has 4 aromatic carbocycles. The van der Waals surface area contributed by atoms with E-state index in [1.54, 1.807) is 12.3 Å². The second kappa shape index (κ2) is 8.23. The molecule has 5 aromatic rings. The summed E-state index contributed by atoms with van der Waals surface area (Å²) in [6.45, 7) is 0. The van der Waals surface area contributed by atoms with E-state index in [0.717, 1.165) is 45.4 Å². The average molecular weight is 437 g/mol. The van der Waals surface area contributed by atoms with Crippen LogP contribution in [0.3, 0.4) is 0 Å². The van der Waals surface area contributed by atoms with Gasteiger partial charge < -0.3 is 9.80 Å². The topological polar surface area (TPSA) is 43.2 Å². The minimum atomic E-state index is 0.600. The minimum absolute atomic E-state index is 0.600. The lowest BCUT2D eigenvalue weighted by molar-refractivity contribution is 1.17. The third-order valence-corrected chi connectivity index (χ3v) is 6.03. The van der Waals surface area contributed by atoms with E-state index < -0.39 is 0 Å². The molecule has 4 heteroatoms. The molecule has 0 spiro atoms. The molecular formula is C30H20N4. The van der Waals surface area contributed by atoms with Gasteiger partial charge in [-0.3, -0.25) is 4.98 Å². The van der Waals surface area contributed by atoms with Gasteiger partial charge in [0.15, 0.2) is 0 Å². The van der Waals surface area contributed by atoms with Crippen LogP contribution in [-0.2, 0) is 0 Å². The van der Waals surface area contributed by atoms with Gasteiger partial charge in [0.25, 0.3) is 0 Å². The van der Waals surface area contributed by atoms with Gasteiger partial charge in [0.1, 0.15) is 0 Å². The second-order valence-corrected chi connectivity index (χ2v) is 8.08. The molecule has 0 aliphatic carbocycles. The highest BCUT2D eigenvalue weighted by Crippen LogP contribution is 2.53. The summed E-state index contributed by atoms with van der Waals surface area (Å²) < 4.78 is 0. The van der Waals surface area contributed by atoms with Gasteiger partial charge >= 0.3 is 0 Å². The normalized spacial score (nSPS) is 12.0. The van der Waals surface area contributed by atoms with Gasteiger partial charge in [0.2, 0.25) is 0 Å². The van der Waals surface area contributed by atoms with Gasteiger partial charge in [-0.05, 0) is 60.7 Å². The summed E-state index contributed by atoms with van der Waals surface area (Å²) in [6.07, 6.45) is 1.68. The summed E-state index contributed by atoms with van der Waals surface area (Å²) in [4.78, 5) is 9.11. The molecule has 0 bridgehead atoms. The zero-order valence-electron chi connectivity index (χ0n) is 18.3. The summed E-state index contributed by atoms with van der Waals surface area (Å²) in [5.74, 6) is 0. The van der Waals surface area contributed by atoms with E-state index in [0.29, 0.717) is 5.56 Å². The Morgan fingerprint density at radius 2 is 1.12 bits per heavy atom. The van der Waals surface area contributed by atoms with Crippen molar-refractivity contribution >= 4 is 34.1 Å². The molecule has 160 valence electrons. The predicted octanol–water partition coefficient (Wildman–Crippen LogP) is 7.87. The standard InChI is InChI=1S/C30H20N4/c31-21-22-17-18-32-26(19-22)23-9-8-12-25(20-23)34-29-15-6-4-13-27(29)33(24-10-2-1-3-11-24)28-14-5-7-16-30(28)34/h1-20H. The highest BCUT2D eigenvalue weighted by molar-refractivity contribution is 6.01. The number of aromatic nitrogens is 1. The van der Waals surface area contributed by atoms with Crippen LogP contribution >= 0.6 is 0 Å². The number of fused-ring (bicyclic) bond motifs is 2. The summed E-state index contributed by atoms with van der Waals surface area (Å²) >= 11 is 0. The Hall–Kier alpha value is -4.88. The third kappa shape index (κ3) is 3.28. The number of para-hydroxylation sites is 5. The Morgan fingerprint density at radius 3 is 1.74 bits per heavy atom. The molecule has 0 N–H and O–H groups in total. The maximum atomic E-state index is 9.31. The van der Waals surface area contributed by atoms with Crippen LogP contribution in [0.15, 0.2) is 121 Å². The Morgan fingerprint density at radius 1 is 0.559 bits per heavy atom. The van der Waals surface area contributed by atoms with Crippen LogP contribution in [0.25, 0.3) is 11.3 Å². The highest BCUT2D eigenvalue weighted by atomic mass is 15.3. The van der Waals surface area contributed by atoms with E-state index in [4.69, 9.17) is 0 Å². The first-order valence-electron chi connectivity index (χ1n) is 11.1. The fourth-order valence-corrected chi connectivity index (χ4v) is 4.54. The quantitative estimate of drug-likeness (QED) is 0.283. The van der Waals surface area contributed by atoms with E-state index in [2.05, 4.69) is 106 Å². The summed E-state index contributed by atoms with van der Waals surface area (Å²) in [6, 6.07) is 41.5. The molecular weight excluding hydrogens is 416 g/mol. The SMILES string of the molecule is N#Cc1ccnc(-c2cccc(N3c4ccccc4N(c4ccccc4)c4ccccc43)c2)c1. The van der Waals surface area contributed by atoms with Crippen LogP contribution in [0.4, 0.5) is 34.1 Å². The molecule has 0 atom stereocenters. The molecule has 0 amide bonds.